The topological polar surface area (TPSA) is 42.0 Å². The first-order valence-corrected chi connectivity index (χ1v) is 5.34. The van der Waals surface area contributed by atoms with Gasteiger partial charge < -0.3 is 5.32 Å². The molecule has 13 heavy (non-hydrogen) atoms. The normalized spacial score (nSPS) is 18.2. The second-order valence-corrected chi connectivity index (χ2v) is 6.40. The van der Waals surface area contributed by atoms with Gasteiger partial charge in [0.1, 0.15) is 5.82 Å². The molecule has 0 fully saturated rings. The first kappa shape index (κ1) is 9.43. The third kappa shape index (κ3) is 1.30. The van der Waals surface area contributed by atoms with Crippen molar-refractivity contribution >= 4 is 55.2 Å². The van der Waals surface area contributed by atoms with E-state index >= 15 is 0 Å². The van der Waals surface area contributed by atoms with E-state index in [1.807, 2.05) is 0 Å². The number of rotatable bonds is 0. The second kappa shape index (κ2) is 2.93. The number of hydrogen-bond donors (Lipinski definition) is 1. The second-order valence-electron chi connectivity index (χ2n) is 2.54. The minimum atomic E-state index is -0.944. The number of anilines is 1. The molecule has 2 heterocycles. The molecule has 0 bridgehead atoms. The molecule has 6 heteroatoms. The van der Waals surface area contributed by atoms with E-state index in [1.165, 1.54) is 0 Å². The van der Waals surface area contributed by atoms with E-state index in [4.69, 9.17) is 11.6 Å². The van der Waals surface area contributed by atoms with E-state index in [1.54, 1.807) is 12.3 Å². The van der Waals surface area contributed by atoms with Gasteiger partial charge in [0.15, 0.2) is 3.23 Å². The maximum absolute atomic E-state index is 11.4. The van der Waals surface area contributed by atoms with E-state index in [-0.39, 0.29) is 5.91 Å². The monoisotopic (exact) mass is 324 g/mol. The highest BCUT2D eigenvalue weighted by Gasteiger charge is 2.45. The summed E-state index contributed by atoms with van der Waals surface area (Å²) in [7, 11) is 0. The highest BCUT2D eigenvalue weighted by molar-refractivity contribution is 9.25. The fourth-order valence-corrected chi connectivity index (χ4v) is 2.65. The number of carbonyl (C=O) groups is 1. The first-order chi connectivity index (χ1) is 6.03. The molecule has 1 N–H and O–H groups in total. The smallest absolute Gasteiger partial charge is 0.258 e. The molecule has 0 saturated carbocycles. The Kier molecular flexibility index (Phi) is 2.13. The van der Waals surface area contributed by atoms with Crippen LogP contribution in [0.15, 0.2) is 12.3 Å². The zero-order valence-electron chi connectivity index (χ0n) is 6.14. The molecule has 1 aliphatic rings. The Balaban J connectivity index is 2.70. The Hall–Kier alpha value is -0.130. The van der Waals surface area contributed by atoms with Crippen LogP contribution in [0.2, 0.25) is 5.02 Å². The number of pyridine rings is 1. The largest absolute Gasteiger partial charge is 0.308 e. The van der Waals surface area contributed by atoms with Crippen molar-refractivity contribution in [3.8, 4) is 0 Å². The zero-order valence-corrected chi connectivity index (χ0v) is 10.1. The molecule has 0 unspecified atom stereocenters. The van der Waals surface area contributed by atoms with Crippen LogP contribution in [0.4, 0.5) is 5.82 Å². The maximum Gasteiger partial charge on any atom is 0.258 e. The average molecular weight is 326 g/mol. The summed E-state index contributed by atoms with van der Waals surface area (Å²) in [5.41, 5.74) is 0.627. The van der Waals surface area contributed by atoms with E-state index in [0.717, 1.165) is 0 Å². The lowest BCUT2D eigenvalue weighted by molar-refractivity contribution is -0.115. The van der Waals surface area contributed by atoms with Crippen LogP contribution in [0.3, 0.4) is 0 Å². The minimum Gasteiger partial charge on any atom is -0.308 e. The standard InChI is InChI=1S/C7H3Br2ClN2O/c8-7(9)4-3(10)1-2-11-5(4)12-6(7)13/h1-2H,(H,11,12,13). The molecule has 1 amide bonds. The van der Waals surface area contributed by atoms with Gasteiger partial charge in [-0.15, -0.1) is 0 Å². The fourth-order valence-electron chi connectivity index (χ4n) is 1.13. The molecule has 1 aliphatic heterocycles. The van der Waals surface area contributed by atoms with Crippen molar-refractivity contribution in [3.63, 3.8) is 0 Å². The van der Waals surface area contributed by atoms with Crippen LogP contribution in [0.1, 0.15) is 5.56 Å². The number of hydrogen-bond acceptors (Lipinski definition) is 2. The van der Waals surface area contributed by atoms with Gasteiger partial charge in [0.25, 0.3) is 5.91 Å². The van der Waals surface area contributed by atoms with Gasteiger partial charge in [0.05, 0.1) is 10.6 Å². The van der Waals surface area contributed by atoms with Crippen LogP contribution < -0.4 is 5.32 Å². The van der Waals surface area contributed by atoms with E-state index < -0.39 is 3.23 Å². The minimum absolute atomic E-state index is 0.219. The molecule has 0 saturated heterocycles. The predicted octanol–water partition coefficient (Wildman–Crippen LogP) is 2.63. The van der Waals surface area contributed by atoms with Gasteiger partial charge in [-0.05, 0) is 6.07 Å². The molecule has 2 rings (SSSR count). The number of carbonyl (C=O) groups excluding carboxylic acids is 1. The fraction of sp³-hybridized carbons (Fsp3) is 0.143. The number of alkyl halides is 2. The van der Waals surface area contributed by atoms with Crippen LogP contribution in [-0.4, -0.2) is 10.9 Å². The summed E-state index contributed by atoms with van der Waals surface area (Å²) < 4.78 is -0.944. The highest BCUT2D eigenvalue weighted by Crippen LogP contribution is 2.49. The molecule has 0 spiro atoms. The molecule has 1 aromatic heterocycles. The van der Waals surface area contributed by atoms with Gasteiger partial charge >= 0.3 is 0 Å². The summed E-state index contributed by atoms with van der Waals surface area (Å²) >= 11 is 12.4. The van der Waals surface area contributed by atoms with Crippen LogP contribution in [0.25, 0.3) is 0 Å². The lowest BCUT2D eigenvalue weighted by atomic mass is 10.2. The average Bonchev–Trinajstić information content (AvgIpc) is 2.24. The third-order valence-corrected chi connectivity index (χ3v) is 3.56. The van der Waals surface area contributed by atoms with Gasteiger partial charge in [0, 0.05) is 6.20 Å². The van der Waals surface area contributed by atoms with Crippen LogP contribution in [0.5, 0.6) is 0 Å². The van der Waals surface area contributed by atoms with Gasteiger partial charge in [0.2, 0.25) is 0 Å². The molecular weight excluding hydrogens is 323 g/mol. The number of aromatic nitrogens is 1. The summed E-state index contributed by atoms with van der Waals surface area (Å²) in [5.74, 6) is 0.273. The first-order valence-electron chi connectivity index (χ1n) is 3.37. The Morgan fingerprint density at radius 3 is 2.85 bits per heavy atom. The molecule has 0 radical (unpaired) electrons. The van der Waals surface area contributed by atoms with Crippen molar-refractivity contribution in [1.82, 2.24) is 4.98 Å². The van der Waals surface area contributed by atoms with Crippen molar-refractivity contribution in [2.75, 3.05) is 5.32 Å². The molecule has 0 atom stereocenters. The SMILES string of the molecule is O=C1Nc2nccc(Cl)c2C1(Br)Br. The summed E-state index contributed by atoms with van der Waals surface area (Å²) in [4.78, 5) is 15.4. The number of halogens is 3. The number of nitrogens with zero attached hydrogens (tertiary/aromatic N) is 1. The Labute approximate surface area is 96.1 Å². The van der Waals surface area contributed by atoms with Crippen molar-refractivity contribution in [2.45, 2.75) is 3.23 Å². The highest BCUT2D eigenvalue weighted by atomic mass is 79.9. The van der Waals surface area contributed by atoms with Crippen LogP contribution in [-0.2, 0) is 8.03 Å². The summed E-state index contributed by atoms with van der Waals surface area (Å²) in [6.45, 7) is 0. The van der Waals surface area contributed by atoms with Crippen molar-refractivity contribution in [3.05, 3.63) is 22.8 Å². The van der Waals surface area contributed by atoms with Gasteiger partial charge in [-0.2, -0.15) is 0 Å². The van der Waals surface area contributed by atoms with E-state index in [0.29, 0.717) is 16.4 Å². The molecule has 0 aromatic carbocycles. The van der Waals surface area contributed by atoms with Gasteiger partial charge in [-0.1, -0.05) is 43.5 Å². The van der Waals surface area contributed by atoms with E-state index in [2.05, 4.69) is 42.2 Å². The van der Waals surface area contributed by atoms with Gasteiger partial charge in [-0.25, -0.2) is 4.98 Å². The Bertz CT molecular complexity index is 394. The summed E-state index contributed by atoms with van der Waals surface area (Å²) in [5, 5.41) is 3.10. The molecular formula is C7H3Br2ClN2O. The van der Waals surface area contributed by atoms with Crippen LogP contribution in [0, 0.1) is 0 Å². The quantitative estimate of drug-likeness (QED) is 0.745. The van der Waals surface area contributed by atoms with Gasteiger partial charge in [-0.3, -0.25) is 4.79 Å². The Morgan fingerprint density at radius 1 is 1.54 bits per heavy atom. The summed E-state index contributed by atoms with van der Waals surface area (Å²) in [6.07, 6.45) is 1.54. The number of nitrogens with one attached hydrogen (secondary N) is 1. The third-order valence-electron chi connectivity index (χ3n) is 1.73. The van der Waals surface area contributed by atoms with Crippen molar-refractivity contribution in [2.24, 2.45) is 0 Å². The molecule has 3 nitrogen and oxygen atoms in total. The number of amides is 1. The van der Waals surface area contributed by atoms with Crippen molar-refractivity contribution < 1.29 is 4.79 Å². The summed E-state index contributed by atoms with van der Waals surface area (Å²) in [6, 6.07) is 1.64. The lowest BCUT2D eigenvalue weighted by Crippen LogP contribution is -2.20. The van der Waals surface area contributed by atoms with Crippen LogP contribution >= 0.6 is 43.5 Å². The molecule has 1 aromatic rings. The predicted molar refractivity (Wildman–Crippen MR) is 57.4 cm³/mol. The van der Waals surface area contributed by atoms with E-state index in [9.17, 15) is 4.79 Å². The zero-order chi connectivity index (χ0) is 9.64. The Morgan fingerprint density at radius 2 is 2.23 bits per heavy atom. The maximum atomic E-state index is 11.4. The molecule has 0 aliphatic carbocycles. The lowest BCUT2D eigenvalue weighted by Gasteiger charge is -2.10. The van der Waals surface area contributed by atoms with Crippen molar-refractivity contribution in [1.29, 1.82) is 0 Å². The number of fused-ring (bicyclic) bond motifs is 1. The molecule has 68 valence electrons.